The van der Waals surface area contributed by atoms with E-state index in [1.807, 2.05) is 42.5 Å². The number of aliphatic hydroxyl groups excluding tert-OH is 1. The van der Waals surface area contributed by atoms with Crippen LogP contribution in [0, 0.1) is 5.92 Å². The summed E-state index contributed by atoms with van der Waals surface area (Å²) in [6, 6.07) is 8.04. The molecule has 2 fully saturated rings. The smallest absolute Gasteiger partial charge is 0.330 e. The lowest BCUT2D eigenvalue weighted by Crippen LogP contribution is -2.55. The summed E-state index contributed by atoms with van der Waals surface area (Å²) in [6.45, 7) is 0.0628. The van der Waals surface area contributed by atoms with Gasteiger partial charge in [-0.25, -0.2) is 4.79 Å². The number of carboxylic acids is 1. The minimum Gasteiger partial charge on any atom is -0.479 e. The summed E-state index contributed by atoms with van der Waals surface area (Å²) < 4.78 is 0. The number of rotatable bonds is 3. The van der Waals surface area contributed by atoms with Crippen molar-refractivity contribution in [2.24, 2.45) is 5.92 Å². The Labute approximate surface area is 187 Å². The Balaban J connectivity index is 1.59. The normalized spacial score (nSPS) is 34.3. The molecule has 0 spiro atoms. The van der Waals surface area contributed by atoms with Gasteiger partial charge in [0.2, 0.25) is 11.8 Å². The van der Waals surface area contributed by atoms with Gasteiger partial charge in [0.1, 0.15) is 17.6 Å². The van der Waals surface area contributed by atoms with Crippen LogP contribution < -0.4 is 10.6 Å². The van der Waals surface area contributed by atoms with Crippen LogP contribution in [0.3, 0.4) is 0 Å². The van der Waals surface area contributed by atoms with Crippen molar-refractivity contribution in [2.75, 3.05) is 11.9 Å². The van der Waals surface area contributed by atoms with Crippen LogP contribution in [-0.4, -0.2) is 63.2 Å². The van der Waals surface area contributed by atoms with Crippen LogP contribution in [0.2, 0.25) is 0 Å². The zero-order valence-corrected chi connectivity index (χ0v) is 18.1. The van der Waals surface area contributed by atoms with E-state index in [9.17, 15) is 24.6 Å². The number of nitrogens with one attached hydrogen (secondary N) is 2. The second kappa shape index (κ2) is 9.32. The Hall–Kier alpha value is -2.87. The molecule has 5 atom stereocenters. The van der Waals surface area contributed by atoms with Gasteiger partial charge < -0.3 is 25.7 Å². The number of amides is 2. The van der Waals surface area contributed by atoms with Crippen molar-refractivity contribution in [3.05, 3.63) is 42.5 Å². The maximum atomic E-state index is 13.5. The first-order valence-corrected chi connectivity index (χ1v) is 11.4. The summed E-state index contributed by atoms with van der Waals surface area (Å²) in [7, 11) is 0. The van der Waals surface area contributed by atoms with E-state index in [-0.39, 0.29) is 24.8 Å². The van der Waals surface area contributed by atoms with Crippen LogP contribution in [0.25, 0.3) is 0 Å². The lowest BCUT2D eigenvalue weighted by atomic mass is 10.0. The van der Waals surface area contributed by atoms with Gasteiger partial charge in [-0.05, 0) is 37.8 Å². The number of para-hydroxylation sites is 1. The largest absolute Gasteiger partial charge is 0.479 e. The van der Waals surface area contributed by atoms with Crippen LogP contribution in [0.1, 0.15) is 44.9 Å². The van der Waals surface area contributed by atoms with Crippen LogP contribution in [0.15, 0.2) is 42.5 Å². The summed E-state index contributed by atoms with van der Waals surface area (Å²) in [5, 5.41) is 26.0. The molecular formula is C24H31N3O5. The number of benzene rings is 1. The molecule has 1 saturated heterocycles. The molecule has 0 unspecified atom stereocenters. The van der Waals surface area contributed by atoms with E-state index in [1.165, 1.54) is 4.90 Å². The van der Waals surface area contributed by atoms with E-state index in [2.05, 4.69) is 10.6 Å². The first kappa shape index (κ1) is 22.3. The van der Waals surface area contributed by atoms with E-state index in [0.717, 1.165) is 31.4 Å². The van der Waals surface area contributed by atoms with Gasteiger partial charge in [0.15, 0.2) is 0 Å². The van der Waals surface area contributed by atoms with Crippen molar-refractivity contribution in [2.45, 2.75) is 68.7 Å². The fourth-order valence-electron chi connectivity index (χ4n) is 4.81. The van der Waals surface area contributed by atoms with E-state index in [0.29, 0.717) is 12.8 Å². The number of anilines is 1. The van der Waals surface area contributed by atoms with Crippen LogP contribution in [0.5, 0.6) is 0 Å². The van der Waals surface area contributed by atoms with Gasteiger partial charge in [-0.3, -0.25) is 9.59 Å². The molecule has 2 amide bonds. The molecule has 8 heteroatoms. The molecule has 2 heterocycles. The van der Waals surface area contributed by atoms with Gasteiger partial charge in [-0.15, -0.1) is 0 Å². The molecule has 1 saturated carbocycles. The highest BCUT2D eigenvalue weighted by molar-refractivity contribution is 5.96. The number of carbonyl (C=O) groups is 3. The average molecular weight is 442 g/mol. The second-order valence-corrected chi connectivity index (χ2v) is 9.10. The third kappa shape index (κ3) is 4.65. The number of carbonyl (C=O) groups excluding carboxylic acids is 2. The summed E-state index contributed by atoms with van der Waals surface area (Å²) in [4.78, 5) is 40.0. The number of hydrogen-bond donors (Lipinski definition) is 4. The third-order valence-electron chi connectivity index (χ3n) is 6.75. The van der Waals surface area contributed by atoms with Crippen molar-refractivity contribution in [1.82, 2.24) is 10.2 Å². The fourth-order valence-corrected chi connectivity index (χ4v) is 4.81. The molecule has 0 aromatic heterocycles. The second-order valence-electron chi connectivity index (χ2n) is 9.10. The number of nitrogens with zero attached hydrogens (tertiary/aromatic N) is 1. The zero-order valence-electron chi connectivity index (χ0n) is 18.1. The Kier molecular flexibility index (Phi) is 6.50. The minimum absolute atomic E-state index is 0.0628. The van der Waals surface area contributed by atoms with Gasteiger partial charge in [-0.1, -0.05) is 43.2 Å². The first-order chi connectivity index (χ1) is 15.4. The maximum absolute atomic E-state index is 13.5. The van der Waals surface area contributed by atoms with Gasteiger partial charge in [0.05, 0.1) is 6.10 Å². The number of carboxylic acid groups (broad SMARTS) is 1. The Morgan fingerprint density at radius 1 is 1.16 bits per heavy atom. The standard InChI is InChI=1S/C24H31N3O5/c28-18-13-20-21(29)26-24(23(31)32)14-16(24)9-5-2-1-3-8-12-19(22(30)27(20)15-18)25-17-10-6-4-7-11-17/h4-7,9-11,16,18-20,25,28H,1-3,8,12-15H2,(H,26,29)(H,31,32)/b9-5-/t16-,18-,19+,20+,24-/m1/s1. The van der Waals surface area contributed by atoms with E-state index in [4.69, 9.17) is 0 Å². The minimum atomic E-state index is -1.32. The van der Waals surface area contributed by atoms with E-state index < -0.39 is 35.6 Å². The van der Waals surface area contributed by atoms with Gasteiger partial charge in [0, 0.05) is 24.6 Å². The van der Waals surface area contributed by atoms with Crippen LogP contribution in [-0.2, 0) is 14.4 Å². The summed E-state index contributed by atoms with van der Waals surface area (Å²) in [5.74, 6) is -2.07. The lowest BCUT2D eigenvalue weighted by Gasteiger charge is -2.30. The van der Waals surface area contributed by atoms with Gasteiger partial charge >= 0.3 is 5.97 Å². The Morgan fingerprint density at radius 3 is 2.69 bits per heavy atom. The molecule has 4 N–H and O–H groups in total. The highest BCUT2D eigenvalue weighted by Crippen LogP contribution is 2.45. The van der Waals surface area contributed by atoms with Crippen LogP contribution >= 0.6 is 0 Å². The molecular weight excluding hydrogens is 410 g/mol. The van der Waals surface area contributed by atoms with Crippen molar-refractivity contribution in [3.8, 4) is 0 Å². The monoisotopic (exact) mass is 441 g/mol. The van der Waals surface area contributed by atoms with Gasteiger partial charge in [0.25, 0.3) is 0 Å². The van der Waals surface area contributed by atoms with E-state index in [1.54, 1.807) is 0 Å². The SMILES string of the molecule is O=C1N[C@]2(C(=O)O)C[C@H]2/C=C\CCCCC[C@H](Nc2ccccc2)C(=O)N2C[C@H](O)C[C@@H]12. The topological polar surface area (TPSA) is 119 Å². The van der Waals surface area contributed by atoms with E-state index >= 15 is 0 Å². The van der Waals surface area contributed by atoms with Crippen molar-refractivity contribution in [3.63, 3.8) is 0 Å². The molecule has 2 aliphatic heterocycles. The van der Waals surface area contributed by atoms with Crippen molar-refractivity contribution < 1.29 is 24.6 Å². The summed E-state index contributed by atoms with van der Waals surface area (Å²) >= 11 is 0. The van der Waals surface area contributed by atoms with Crippen LogP contribution in [0.4, 0.5) is 5.69 Å². The highest BCUT2D eigenvalue weighted by atomic mass is 16.4. The molecule has 172 valence electrons. The predicted molar refractivity (Wildman–Crippen MR) is 119 cm³/mol. The third-order valence-corrected chi connectivity index (χ3v) is 6.75. The molecule has 4 rings (SSSR count). The molecule has 3 aliphatic rings. The number of fused-ring (bicyclic) bond motifs is 2. The zero-order chi connectivity index (χ0) is 22.7. The maximum Gasteiger partial charge on any atom is 0.330 e. The number of aliphatic carboxylic acids is 1. The molecule has 0 bridgehead atoms. The summed E-state index contributed by atoms with van der Waals surface area (Å²) in [6.07, 6.45) is 7.71. The molecule has 8 nitrogen and oxygen atoms in total. The highest BCUT2D eigenvalue weighted by Gasteiger charge is 2.61. The Morgan fingerprint density at radius 2 is 1.94 bits per heavy atom. The number of hydrogen-bond acceptors (Lipinski definition) is 5. The molecule has 0 radical (unpaired) electrons. The molecule has 1 aliphatic carbocycles. The molecule has 32 heavy (non-hydrogen) atoms. The Bertz CT molecular complexity index is 889. The molecule has 1 aromatic carbocycles. The number of aliphatic hydroxyl groups is 1. The van der Waals surface area contributed by atoms with Gasteiger partial charge in [-0.2, -0.15) is 0 Å². The molecule has 1 aromatic rings. The first-order valence-electron chi connectivity index (χ1n) is 11.4. The predicted octanol–water partition coefficient (Wildman–Crippen LogP) is 1.91. The summed E-state index contributed by atoms with van der Waals surface area (Å²) in [5.41, 5.74) is -0.504. The van der Waals surface area contributed by atoms with Crippen molar-refractivity contribution in [1.29, 1.82) is 0 Å². The fraction of sp³-hybridized carbons (Fsp3) is 0.542. The number of allylic oxidation sites excluding steroid dienone is 1. The van der Waals surface area contributed by atoms with Crippen molar-refractivity contribution >= 4 is 23.5 Å². The lowest BCUT2D eigenvalue weighted by molar-refractivity contribution is -0.145. The quantitative estimate of drug-likeness (QED) is 0.532. The average Bonchev–Trinajstić information content (AvgIpc) is 3.33.